The van der Waals surface area contributed by atoms with Gasteiger partial charge in [-0.05, 0) is 43.0 Å². The predicted molar refractivity (Wildman–Crippen MR) is 115 cm³/mol. The van der Waals surface area contributed by atoms with Gasteiger partial charge in [0.1, 0.15) is 11.6 Å². The SMILES string of the molecule is Cc1cc(N2CCOCC2)nc(CNS(=O)(=O)c2cc3c4c(c2)CCN4C(=O)CC3)n1. The summed E-state index contributed by atoms with van der Waals surface area (Å²) < 4.78 is 34.1. The number of rotatable bonds is 5. The molecule has 0 unspecified atom stereocenters. The molecule has 1 fully saturated rings. The normalized spacial score (nSPS) is 18.4. The van der Waals surface area contributed by atoms with Gasteiger partial charge in [-0.25, -0.2) is 23.1 Å². The standard InChI is InChI=1S/C21H25N5O4S/c1-14-10-19(25-6-8-30-9-7-25)24-18(23-14)13-22-31(28,29)17-11-15-2-3-20(27)26-5-4-16(12-17)21(15)26/h10-12,22H,2-9,13H2,1H3. The minimum atomic E-state index is -3.74. The third-order valence-electron chi connectivity index (χ3n) is 5.98. The molecular weight excluding hydrogens is 418 g/mol. The molecule has 5 rings (SSSR count). The van der Waals surface area contributed by atoms with E-state index in [0.29, 0.717) is 44.8 Å². The highest BCUT2D eigenvalue weighted by atomic mass is 32.2. The number of hydrogen-bond donors (Lipinski definition) is 1. The van der Waals surface area contributed by atoms with E-state index in [1.54, 1.807) is 17.0 Å². The Bertz CT molecular complexity index is 1140. The Kier molecular flexibility index (Phi) is 5.15. The highest BCUT2D eigenvalue weighted by Gasteiger charge is 2.33. The number of sulfonamides is 1. The fourth-order valence-corrected chi connectivity index (χ4v) is 5.55. The summed E-state index contributed by atoms with van der Waals surface area (Å²) in [6.07, 6.45) is 1.68. The number of hydrogen-bond acceptors (Lipinski definition) is 7. The molecule has 0 saturated carbocycles. The number of carbonyl (C=O) groups excluding carboxylic acids is 1. The van der Waals surface area contributed by atoms with Crippen molar-refractivity contribution in [2.24, 2.45) is 0 Å². The Morgan fingerprint density at radius 2 is 1.77 bits per heavy atom. The van der Waals surface area contributed by atoms with Gasteiger partial charge >= 0.3 is 0 Å². The first-order valence-electron chi connectivity index (χ1n) is 10.5. The number of aryl methyl sites for hydroxylation is 2. The van der Waals surface area contributed by atoms with E-state index >= 15 is 0 Å². The van der Waals surface area contributed by atoms with Gasteiger partial charge in [0.15, 0.2) is 0 Å². The third kappa shape index (κ3) is 3.90. The van der Waals surface area contributed by atoms with Gasteiger partial charge in [-0.15, -0.1) is 0 Å². The zero-order chi connectivity index (χ0) is 21.6. The average molecular weight is 444 g/mol. The fraction of sp³-hybridized carbons (Fsp3) is 0.476. The van der Waals surface area contributed by atoms with Gasteiger partial charge in [-0.1, -0.05) is 0 Å². The maximum Gasteiger partial charge on any atom is 0.240 e. The molecule has 10 heteroatoms. The Morgan fingerprint density at radius 3 is 2.55 bits per heavy atom. The number of morpholine rings is 1. The summed E-state index contributed by atoms with van der Waals surface area (Å²) >= 11 is 0. The second-order valence-electron chi connectivity index (χ2n) is 8.09. The third-order valence-corrected chi connectivity index (χ3v) is 7.36. The zero-order valence-electron chi connectivity index (χ0n) is 17.4. The maximum absolute atomic E-state index is 13.0. The molecule has 0 spiro atoms. The molecule has 0 bridgehead atoms. The molecule has 2 aromatic rings. The van der Waals surface area contributed by atoms with Crippen molar-refractivity contribution >= 4 is 27.4 Å². The fourth-order valence-electron chi connectivity index (χ4n) is 4.47. The van der Waals surface area contributed by atoms with Crippen molar-refractivity contribution in [1.29, 1.82) is 0 Å². The van der Waals surface area contributed by atoms with E-state index in [-0.39, 0.29) is 17.3 Å². The molecule has 1 N–H and O–H groups in total. The number of nitrogens with zero attached hydrogens (tertiary/aromatic N) is 4. The Morgan fingerprint density at radius 1 is 1.03 bits per heavy atom. The predicted octanol–water partition coefficient (Wildman–Crippen LogP) is 0.935. The first-order valence-corrected chi connectivity index (χ1v) is 12.0. The monoisotopic (exact) mass is 443 g/mol. The van der Waals surface area contributed by atoms with E-state index in [9.17, 15) is 13.2 Å². The van der Waals surface area contributed by atoms with Crippen molar-refractivity contribution in [3.05, 3.63) is 40.8 Å². The van der Waals surface area contributed by atoms with Crippen molar-refractivity contribution in [2.75, 3.05) is 42.6 Å². The number of ether oxygens (including phenoxy) is 1. The molecule has 0 radical (unpaired) electrons. The lowest BCUT2D eigenvalue weighted by atomic mass is 10.00. The molecule has 4 heterocycles. The number of nitrogens with one attached hydrogen (secondary N) is 1. The molecule has 3 aliphatic rings. The Labute approximate surface area is 181 Å². The van der Waals surface area contributed by atoms with Crippen LogP contribution in [0, 0.1) is 6.92 Å². The summed E-state index contributed by atoms with van der Waals surface area (Å²) in [5, 5.41) is 0. The van der Waals surface area contributed by atoms with Crippen LogP contribution in [-0.2, 0) is 38.9 Å². The molecule has 0 aliphatic carbocycles. The molecule has 1 amide bonds. The first-order chi connectivity index (χ1) is 14.9. The molecule has 1 aromatic carbocycles. The van der Waals surface area contributed by atoms with E-state index in [1.165, 1.54) is 0 Å². The van der Waals surface area contributed by atoms with Crippen LogP contribution in [0.15, 0.2) is 23.1 Å². The van der Waals surface area contributed by atoms with Crippen LogP contribution in [0.4, 0.5) is 11.5 Å². The summed E-state index contributed by atoms with van der Waals surface area (Å²) in [6.45, 7) is 5.31. The highest BCUT2D eigenvalue weighted by Crippen LogP contribution is 2.38. The molecule has 1 aromatic heterocycles. The quantitative estimate of drug-likeness (QED) is 0.733. The van der Waals surface area contributed by atoms with Crippen molar-refractivity contribution in [3.63, 3.8) is 0 Å². The summed E-state index contributed by atoms with van der Waals surface area (Å²) in [6, 6.07) is 5.29. The highest BCUT2D eigenvalue weighted by molar-refractivity contribution is 7.89. The van der Waals surface area contributed by atoms with Crippen LogP contribution in [0.2, 0.25) is 0 Å². The van der Waals surface area contributed by atoms with Gasteiger partial charge < -0.3 is 14.5 Å². The maximum atomic E-state index is 13.0. The lowest BCUT2D eigenvalue weighted by molar-refractivity contribution is -0.118. The van der Waals surface area contributed by atoms with E-state index < -0.39 is 10.0 Å². The summed E-state index contributed by atoms with van der Waals surface area (Å²) in [4.78, 5) is 25.2. The van der Waals surface area contributed by atoms with Gasteiger partial charge in [-0.2, -0.15) is 0 Å². The molecule has 1 saturated heterocycles. The van der Waals surface area contributed by atoms with Crippen LogP contribution in [0.5, 0.6) is 0 Å². The molecule has 9 nitrogen and oxygen atoms in total. The van der Waals surface area contributed by atoms with Gasteiger partial charge in [0.2, 0.25) is 15.9 Å². The Hall–Kier alpha value is -2.56. The van der Waals surface area contributed by atoms with Crippen LogP contribution in [-0.4, -0.2) is 57.1 Å². The first kappa shape index (κ1) is 20.3. The van der Waals surface area contributed by atoms with E-state index in [1.807, 2.05) is 13.0 Å². The second kappa shape index (κ2) is 7.85. The van der Waals surface area contributed by atoms with Crippen molar-refractivity contribution in [1.82, 2.24) is 14.7 Å². The number of aromatic nitrogens is 2. The second-order valence-corrected chi connectivity index (χ2v) is 9.86. The largest absolute Gasteiger partial charge is 0.378 e. The minimum absolute atomic E-state index is 0.0123. The number of amides is 1. The van der Waals surface area contributed by atoms with E-state index in [0.717, 1.165) is 41.4 Å². The van der Waals surface area contributed by atoms with Gasteiger partial charge in [0.25, 0.3) is 0 Å². The smallest absolute Gasteiger partial charge is 0.240 e. The molecule has 31 heavy (non-hydrogen) atoms. The van der Waals surface area contributed by atoms with E-state index in [2.05, 4.69) is 19.6 Å². The van der Waals surface area contributed by atoms with Crippen LogP contribution in [0.1, 0.15) is 29.1 Å². The topological polar surface area (TPSA) is 105 Å². The van der Waals surface area contributed by atoms with Crippen LogP contribution in [0.3, 0.4) is 0 Å². The minimum Gasteiger partial charge on any atom is -0.378 e. The average Bonchev–Trinajstić information content (AvgIpc) is 3.21. The zero-order valence-corrected chi connectivity index (χ0v) is 18.2. The summed E-state index contributed by atoms with van der Waals surface area (Å²) in [7, 11) is -3.74. The summed E-state index contributed by atoms with van der Waals surface area (Å²) in [5.74, 6) is 1.34. The van der Waals surface area contributed by atoms with Crippen molar-refractivity contribution < 1.29 is 17.9 Å². The molecule has 164 valence electrons. The van der Waals surface area contributed by atoms with Gasteiger partial charge in [0.05, 0.1) is 30.3 Å². The number of benzene rings is 1. The van der Waals surface area contributed by atoms with Crippen LogP contribution < -0.4 is 14.5 Å². The molecule has 0 atom stereocenters. The Balaban J connectivity index is 1.36. The lowest BCUT2D eigenvalue weighted by Crippen LogP contribution is -2.37. The molecular formula is C21H25N5O4S. The van der Waals surface area contributed by atoms with Gasteiger partial charge in [0, 0.05) is 37.8 Å². The number of anilines is 2. The number of carbonyl (C=O) groups is 1. The van der Waals surface area contributed by atoms with Crippen LogP contribution in [0.25, 0.3) is 0 Å². The van der Waals surface area contributed by atoms with Crippen molar-refractivity contribution in [2.45, 2.75) is 37.6 Å². The lowest BCUT2D eigenvalue weighted by Gasteiger charge is -2.28. The van der Waals surface area contributed by atoms with Gasteiger partial charge in [-0.3, -0.25) is 4.79 Å². The van der Waals surface area contributed by atoms with Crippen LogP contribution >= 0.6 is 0 Å². The van der Waals surface area contributed by atoms with Crippen molar-refractivity contribution in [3.8, 4) is 0 Å². The van der Waals surface area contributed by atoms with E-state index in [4.69, 9.17) is 4.74 Å². The summed E-state index contributed by atoms with van der Waals surface area (Å²) in [5.41, 5.74) is 3.55. The molecule has 3 aliphatic heterocycles.